The zero-order valence-electron chi connectivity index (χ0n) is 13.6. The Bertz CT molecular complexity index is 226. The number of carboxylic acid groups (broad SMARTS) is 3. The minimum atomic E-state index is -0.943. The van der Waals surface area contributed by atoms with Gasteiger partial charge in [-0.3, -0.25) is 0 Å². The fraction of sp³-hybridized carbons (Fsp3) is 0.800. The van der Waals surface area contributed by atoms with Crippen LogP contribution in [-0.2, 0) is 14.4 Å². The average Bonchev–Trinajstić information content (AvgIpc) is 2.41. The number of hydrogen-bond acceptors (Lipinski definition) is 6. The van der Waals surface area contributed by atoms with E-state index in [0.29, 0.717) is 0 Å². The molecule has 0 unspecified atom stereocenters. The summed E-state index contributed by atoms with van der Waals surface area (Å²) in [6.07, 6.45) is 5.60. The van der Waals surface area contributed by atoms with Crippen molar-refractivity contribution in [3.8, 4) is 0 Å². The average molecular weight is 476 g/mol. The first-order valence-electron chi connectivity index (χ1n) is 7.41. The van der Waals surface area contributed by atoms with Gasteiger partial charge in [-0.05, 0) is 38.5 Å². The molecule has 0 amide bonds. The van der Waals surface area contributed by atoms with Crippen LogP contribution in [0.3, 0.4) is 0 Å². The van der Waals surface area contributed by atoms with Crippen LogP contribution in [0.5, 0.6) is 0 Å². The van der Waals surface area contributed by atoms with Crippen LogP contribution in [0.1, 0.15) is 78.6 Å². The van der Waals surface area contributed by atoms with Crippen LogP contribution in [0.25, 0.3) is 0 Å². The van der Waals surface area contributed by atoms with Crippen molar-refractivity contribution in [2.75, 3.05) is 0 Å². The van der Waals surface area contributed by atoms with Crippen molar-refractivity contribution in [3.05, 3.63) is 0 Å². The molecule has 0 aliphatic rings. The Morgan fingerprint density at radius 3 is 0.818 bits per heavy atom. The van der Waals surface area contributed by atoms with Crippen molar-refractivity contribution < 1.29 is 76.6 Å². The van der Waals surface area contributed by atoms with E-state index < -0.39 is 17.9 Å². The van der Waals surface area contributed by atoms with Crippen molar-refractivity contribution in [1.82, 2.24) is 0 Å². The van der Waals surface area contributed by atoms with Crippen LogP contribution in [0.2, 0.25) is 0 Å². The Hall–Kier alpha value is -0.0705. The van der Waals surface area contributed by atoms with Crippen LogP contribution in [-0.4, -0.2) is 17.9 Å². The van der Waals surface area contributed by atoms with E-state index in [4.69, 9.17) is 0 Å². The maximum Gasteiger partial charge on any atom is 3.00 e. The second kappa shape index (κ2) is 25.9. The molecule has 7 heteroatoms. The molecule has 0 aromatic rings. The van der Waals surface area contributed by atoms with Gasteiger partial charge in [-0.1, -0.05) is 40.0 Å². The molecule has 0 aliphatic carbocycles. The normalized spacial score (nSPS) is 8.32. The van der Waals surface area contributed by atoms with Gasteiger partial charge in [-0.2, -0.15) is 0 Å². The zero-order valence-corrected chi connectivity index (χ0v) is 15.3. The number of carbonyl (C=O) groups is 3. The van der Waals surface area contributed by atoms with Crippen LogP contribution in [0.15, 0.2) is 0 Å². The van der Waals surface area contributed by atoms with Crippen LogP contribution in [0.4, 0.5) is 0 Å². The summed E-state index contributed by atoms with van der Waals surface area (Å²) in [6.45, 7) is 5.84. The Labute approximate surface area is 171 Å². The number of rotatable bonds is 9. The van der Waals surface area contributed by atoms with Gasteiger partial charge in [0.15, 0.2) is 0 Å². The number of carboxylic acids is 3. The van der Waals surface area contributed by atoms with Gasteiger partial charge in [0.25, 0.3) is 0 Å². The van der Waals surface area contributed by atoms with Gasteiger partial charge < -0.3 is 29.7 Å². The van der Waals surface area contributed by atoms with E-state index in [-0.39, 0.29) is 66.2 Å². The van der Waals surface area contributed by atoms with E-state index in [0.717, 1.165) is 38.5 Å². The van der Waals surface area contributed by atoms with Gasteiger partial charge >= 0.3 is 46.9 Å². The molecule has 0 bridgehead atoms. The summed E-state index contributed by atoms with van der Waals surface area (Å²) >= 11 is 0. The molecule has 1 radical (unpaired) electrons. The molecule has 0 aromatic heterocycles. The Balaban J connectivity index is -0.000000108. The third kappa shape index (κ3) is 50.2. The monoisotopic (exact) mass is 477 g/mol. The van der Waals surface area contributed by atoms with Gasteiger partial charge in [-0.25, -0.2) is 0 Å². The topological polar surface area (TPSA) is 120 Å². The van der Waals surface area contributed by atoms with Crippen molar-refractivity contribution in [2.45, 2.75) is 78.6 Å². The second-order valence-corrected chi connectivity index (χ2v) is 4.43. The SMILES string of the molecule is CCCCC(=O)[O-].CCCCC(=O)[O-].CCCCC(=O)[O-].[Yb+3]. The van der Waals surface area contributed by atoms with E-state index >= 15 is 0 Å². The quantitative estimate of drug-likeness (QED) is 0.454. The summed E-state index contributed by atoms with van der Waals surface area (Å²) in [5.41, 5.74) is 0. The molecule has 0 saturated carbocycles. The second-order valence-electron chi connectivity index (χ2n) is 4.43. The number of unbranched alkanes of at least 4 members (excludes halogenated alkanes) is 3. The minimum absolute atomic E-state index is 0. The molecular formula is C15H27O6Yb. The van der Waals surface area contributed by atoms with E-state index in [2.05, 4.69) is 0 Å². The number of aliphatic carboxylic acids is 3. The Morgan fingerprint density at radius 2 is 0.773 bits per heavy atom. The van der Waals surface area contributed by atoms with Crippen molar-refractivity contribution >= 4 is 17.9 Å². The molecule has 0 aliphatic heterocycles. The minimum Gasteiger partial charge on any atom is -0.550 e. The van der Waals surface area contributed by atoms with E-state index in [9.17, 15) is 29.7 Å². The van der Waals surface area contributed by atoms with Gasteiger partial charge in [0.1, 0.15) is 0 Å². The predicted molar refractivity (Wildman–Crippen MR) is 73.6 cm³/mol. The summed E-state index contributed by atoms with van der Waals surface area (Å²) in [6, 6.07) is 0. The molecule has 0 aromatic carbocycles. The molecule has 0 N–H and O–H groups in total. The summed E-state index contributed by atoms with van der Waals surface area (Å²) in [4.78, 5) is 28.9. The largest absolute Gasteiger partial charge is 3.00 e. The first kappa shape index (κ1) is 29.9. The Morgan fingerprint density at radius 1 is 0.591 bits per heavy atom. The molecule has 0 saturated heterocycles. The standard InChI is InChI=1S/3C5H10O2.Yb/c3*1-2-3-4-5(6)7;/h3*2-4H2,1H3,(H,6,7);/q;;;+3/p-3. The summed E-state index contributed by atoms with van der Waals surface area (Å²) in [5.74, 6) is -2.83. The molecule has 6 nitrogen and oxygen atoms in total. The number of carbonyl (C=O) groups excluding carboxylic acids is 3. The molecule has 0 atom stereocenters. The molecule has 0 spiro atoms. The zero-order chi connectivity index (χ0) is 17.1. The van der Waals surface area contributed by atoms with Crippen molar-refractivity contribution in [1.29, 1.82) is 0 Å². The third-order valence-electron chi connectivity index (χ3n) is 2.20. The first-order valence-corrected chi connectivity index (χ1v) is 7.41. The third-order valence-corrected chi connectivity index (χ3v) is 2.20. The maximum atomic E-state index is 9.65. The molecule has 0 fully saturated rings. The summed E-state index contributed by atoms with van der Waals surface area (Å²) in [7, 11) is 0. The fourth-order valence-electron chi connectivity index (χ4n) is 0.963. The fourth-order valence-corrected chi connectivity index (χ4v) is 0.963. The molecular weight excluding hydrogens is 449 g/mol. The number of hydrogen-bond donors (Lipinski definition) is 0. The molecule has 22 heavy (non-hydrogen) atoms. The smallest absolute Gasteiger partial charge is 0.550 e. The summed E-state index contributed by atoms with van der Waals surface area (Å²) in [5, 5.41) is 28.9. The van der Waals surface area contributed by atoms with Crippen LogP contribution < -0.4 is 15.3 Å². The van der Waals surface area contributed by atoms with Gasteiger partial charge in [-0.15, -0.1) is 0 Å². The molecule has 137 valence electrons. The van der Waals surface area contributed by atoms with E-state index in [1.165, 1.54) is 0 Å². The first-order chi connectivity index (χ1) is 9.81. The maximum absolute atomic E-state index is 9.65. The predicted octanol–water partition coefficient (Wildman–Crippen LogP) is -0.220. The summed E-state index contributed by atoms with van der Waals surface area (Å²) < 4.78 is 0. The van der Waals surface area contributed by atoms with Crippen molar-refractivity contribution in [3.63, 3.8) is 0 Å². The van der Waals surface area contributed by atoms with Crippen LogP contribution >= 0.6 is 0 Å². The van der Waals surface area contributed by atoms with E-state index in [1.54, 1.807) is 0 Å². The van der Waals surface area contributed by atoms with Crippen LogP contribution in [0, 0.1) is 46.9 Å². The molecule has 0 heterocycles. The van der Waals surface area contributed by atoms with Crippen molar-refractivity contribution in [2.24, 2.45) is 0 Å². The van der Waals surface area contributed by atoms with Gasteiger partial charge in [0.2, 0.25) is 0 Å². The van der Waals surface area contributed by atoms with Gasteiger partial charge in [0.05, 0.1) is 0 Å². The van der Waals surface area contributed by atoms with Gasteiger partial charge in [0, 0.05) is 17.9 Å². The Kier molecular flexibility index (Phi) is 35.1. The van der Waals surface area contributed by atoms with E-state index in [1.807, 2.05) is 20.8 Å². The molecule has 0 rings (SSSR count).